The average Bonchev–Trinajstić information content (AvgIpc) is 2.46. The van der Waals surface area contributed by atoms with Gasteiger partial charge in [0.1, 0.15) is 36.6 Å². The molecule has 9 atom stereocenters. The van der Waals surface area contributed by atoms with Crippen LogP contribution in [0.4, 0.5) is 0 Å². The molecule has 0 aromatic rings. The molecule has 0 radical (unpaired) electrons. The van der Waals surface area contributed by atoms with Crippen molar-refractivity contribution >= 4 is 5.97 Å². The summed E-state index contributed by atoms with van der Waals surface area (Å²) >= 11 is 0. The molecule has 10 heteroatoms. The van der Waals surface area contributed by atoms with Crippen LogP contribution in [0.1, 0.15) is 6.92 Å². The fourth-order valence-electron chi connectivity index (χ4n) is 2.44. The zero-order valence-corrected chi connectivity index (χ0v) is 11.7. The highest BCUT2D eigenvalue weighted by Crippen LogP contribution is 2.27. The van der Waals surface area contributed by atoms with Crippen molar-refractivity contribution in [1.82, 2.24) is 0 Å². The molecule has 10 nitrogen and oxygen atoms in total. The molecule has 0 spiro atoms. The van der Waals surface area contributed by atoms with Gasteiger partial charge in [-0.2, -0.15) is 0 Å². The SMILES string of the molecule is CC1OC(OC2C(C(=O)O)OCC(O)C2O)C(O)C(O)C1O. The van der Waals surface area contributed by atoms with Gasteiger partial charge in [0.25, 0.3) is 0 Å². The molecule has 2 saturated heterocycles. The number of hydrogen-bond donors (Lipinski definition) is 6. The van der Waals surface area contributed by atoms with Crippen LogP contribution >= 0.6 is 0 Å². The second-order valence-electron chi connectivity index (χ2n) is 5.43. The highest BCUT2D eigenvalue weighted by atomic mass is 16.7. The third-order valence-corrected chi connectivity index (χ3v) is 3.82. The molecule has 0 aromatic heterocycles. The van der Waals surface area contributed by atoms with Crippen LogP contribution in [-0.2, 0) is 19.0 Å². The van der Waals surface area contributed by atoms with Gasteiger partial charge in [0.15, 0.2) is 12.4 Å². The summed E-state index contributed by atoms with van der Waals surface area (Å²) in [5.41, 5.74) is 0. The number of hydrogen-bond acceptors (Lipinski definition) is 9. The van der Waals surface area contributed by atoms with Gasteiger partial charge in [0, 0.05) is 0 Å². The Labute approximate surface area is 125 Å². The van der Waals surface area contributed by atoms with Gasteiger partial charge < -0.3 is 44.8 Å². The van der Waals surface area contributed by atoms with Gasteiger partial charge in [0.05, 0.1) is 12.7 Å². The van der Waals surface area contributed by atoms with Gasteiger partial charge in [-0.25, -0.2) is 4.79 Å². The van der Waals surface area contributed by atoms with E-state index in [0.717, 1.165) is 0 Å². The van der Waals surface area contributed by atoms with Gasteiger partial charge in [-0.05, 0) is 6.92 Å². The van der Waals surface area contributed by atoms with Gasteiger partial charge in [-0.3, -0.25) is 0 Å². The Balaban J connectivity index is 2.13. The van der Waals surface area contributed by atoms with Crippen LogP contribution < -0.4 is 0 Å². The van der Waals surface area contributed by atoms with E-state index in [9.17, 15) is 30.3 Å². The highest BCUT2D eigenvalue weighted by Gasteiger charge is 2.49. The first-order valence-electron chi connectivity index (χ1n) is 6.79. The maximum absolute atomic E-state index is 11.1. The lowest BCUT2D eigenvalue weighted by Crippen LogP contribution is -2.62. The maximum atomic E-state index is 11.1. The van der Waals surface area contributed by atoms with E-state index in [0.29, 0.717) is 0 Å². The summed E-state index contributed by atoms with van der Waals surface area (Å²) in [6, 6.07) is 0. The number of aliphatic hydroxyl groups excluding tert-OH is 5. The van der Waals surface area contributed by atoms with Crippen LogP contribution in [0, 0.1) is 0 Å². The molecule has 22 heavy (non-hydrogen) atoms. The lowest BCUT2D eigenvalue weighted by atomic mass is 9.98. The summed E-state index contributed by atoms with van der Waals surface area (Å²) < 4.78 is 15.3. The lowest BCUT2D eigenvalue weighted by Gasteiger charge is -2.43. The molecule has 9 unspecified atom stereocenters. The maximum Gasteiger partial charge on any atom is 0.335 e. The van der Waals surface area contributed by atoms with Crippen molar-refractivity contribution in [3.8, 4) is 0 Å². The third-order valence-electron chi connectivity index (χ3n) is 3.82. The predicted molar refractivity (Wildman–Crippen MR) is 66.6 cm³/mol. The zero-order chi connectivity index (χ0) is 16.6. The standard InChI is InChI=1S/C12H20O10/c1-3-5(14)7(16)8(17)12(21-3)22-9-6(15)4(13)2-20-10(9)11(18)19/h3-10,12-17H,2H2,1H3,(H,18,19). The van der Waals surface area contributed by atoms with Crippen molar-refractivity contribution in [2.75, 3.05) is 6.61 Å². The van der Waals surface area contributed by atoms with E-state index in [1.807, 2.05) is 0 Å². The second kappa shape index (κ2) is 6.72. The highest BCUT2D eigenvalue weighted by molar-refractivity contribution is 5.73. The van der Waals surface area contributed by atoms with E-state index < -0.39 is 61.1 Å². The molecule has 0 amide bonds. The minimum atomic E-state index is -1.66. The molecule has 6 N–H and O–H groups in total. The lowest BCUT2D eigenvalue weighted by molar-refractivity contribution is -0.328. The molecule has 2 fully saturated rings. The van der Waals surface area contributed by atoms with Crippen LogP contribution in [0.3, 0.4) is 0 Å². The first-order valence-corrected chi connectivity index (χ1v) is 6.79. The number of carboxylic acid groups (broad SMARTS) is 1. The molecule has 2 rings (SSSR count). The predicted octanol–water partition coefficient (Wildman–Crippen LogP) is -3.60. The normalized spacial score (nSPS) is 49.8. The Hall–Kier alpha value is -0.850. The molecule has 2 aliphatic rings. The molecule has 0 aliphatic carbocycles. The Kier molecular flexibility index (Phi) is 5.35. The molecule has 0 bridgehead atoms. The number of aliphatic carboxylic acids is 1. The van der Waals surface area contributed by atoms with Crippen molar-refractivity contribution in [3.05, 3.63) is 0 Å². The summed E-state index contributed by atoms with van der Waals surface area (Å²) in [5, 5.41) is 57.6. The minimum absolute atomic E-state index is 0.385. The Morgan fingerprint density at radius 3 is 2.27 bits per heavy atom. The summed E-state index contributed by atoms with van der Waals surface area (Å²) in [6.07, 6.45) is -13.0. The fraction of sp³-hybridized carbons (Fsp3) is 0.917. The van der Waals surface area contributed by atoms with Gasteiger partial charge >= 0.3 is 5.97 Å². The van der Waals surface area contributed by atoms with Crippen LogP contribution in [0.15, 0.2) is 0 Å². The molecule has 2 heterocycles. The Morgan fingerprint density at radius 2 is 1.68 bits per heavy atom. The first-order chi connectivity index (χ1) is 10.2. The molecule has 0 saturated carbocycles. The first kappa shape index (κ1) is 17.5. The van der Waals surface area contributed by atoms with E-state index >= 15 is 0 Å². The van der Waals surface area contributed by atoms with E-state index in [-0.39, 0.29) is 6.61 Å². The van der Waals surface area contributed by atoms with Gasteiger partial charge in [-0.15, -0.1) is 0 Å². The molecular weight excluding hydrogens is 304 g/mol. The van der Waals surface area contributed by atoms with E-state index in [1.54, 1.807) is 0 Å². The van der Waals surface area contributed by atoms with Crippen molar-refractivity contribution in [1.29, 1.82) is 0 Å². The van der Waals surface area contributed by atoms with E-state index in [2.05, 4.69) is 0 Å². The van der Waals surface area contributed by atoms with Crippen molar-refractivity contribution in [3.63, 3.8) is 0 Å². The van der Waals surface area contributed by atoms with Crippen molar-refractivity contribution in [2.45, 2.75) is 62.0 Å². The average molecular weight is 324 g/mol. The summed E-state index contributed by atoms with van der Waals surface area (Å²) in [5.74, 6) is -1.42. The molecule has 2 aliphatic heterocycles. The topological polar surface area (TPSA) is 166 Å². The summed E-state index contributed by atoms with van der Waals surface area (Å²) in [6.45, 7) is 1.04. The number of carboxylic acids is 1. The largest absolute Gasteiger partial charge is 0.479 e. The van der Waals surface area contributed by atoms with Crippen LogP contribution in [0.5, 0.6) is 0 Å². The van der Waals surface area contributed by atoms with E-state index in [1.165, 1.54) is 6.92 Å². The number of rotatable bonds is 3. The fourth-order valence-corrected chi connectivity index (χ4v) is 2.44. The van der Waals surface area contributed by atoms with Crippen LogP contribution in [0.2, 0.25) is 0 Å². The molecule has 0 aromatic carbocycles. The second-order valence-corrected chi connectivity index (χ2v) is 5.43. The van der Waals surface area contributed by atoms with Gasteiger partial charge in [0.2, 0.25) is 0 Å². The Morgan fingerprint density at radius 1 is 1.05 bits per heavy atom. The third kappa shape index (κ3) is 3.24. The quantitative estimate of drug-likeness (QED) is 0.305. The Bertz CT molecular complexity index is 403. The molecular formula is C12H20O10. The summed E-state index contributed by atoms with van der Waals surface area (Å²) in [4.78, 5) is 11.1. The van der Waals surface area contributed by atoms with E-state index in [4.69, 9.17) is 19.3 Å². The number of aliphatic hydroxyl groups is 5. The summed E-state index contributed by atoms with van der Waals surface area (Å²) in [7, 11) is 0. The molecule has 128 valence electrons. The number of carbonyl (C=O) groups is 1. The van der Waals surface area contributed by atoms with Crippen molar-refractivity contribution in [2.24, 2.45) is 0 Å². The van der Waals surface area contributed by atoms with Crippen molar-refractivity contribution < 1.29 is 49.6 Å². The van der Waals surface area contributed by atoms with Crippen LogP contribution in [0.25, 0.3) is 0 Å². The van der Waals surface area contributed by atoms with Gasteiger partial charge in [-0.1, -0.05) is 0 Å². The monoisotopic (exact) mass is 324 g/mol. The number of ether oxygens (including phenoxy) is 3. The zero-order valence-electron chi connectivity index (χ0n) is 11.7. The minimum Gasteiger partial charge on any atom is -0.479 e. The van der Waals surface area contributed by atoms with Crippen LogP contribution in [-0.4, -0.2) is 98.3 Å². The smallest absolute Gasteiger partial charge is 0.335 e.